The molecule has 0 N–H and O–H groups in total. The molecule has 1 aromatic heterocycles. The Morgan fingerprint density at radius 2 is 2.22 bits per heavy atom. The number of hydrogen-bond donors (Lipinski definition) is 0. The Hall–Kier alpha value is -0.570. The summed E-state index contributed by atoms with van der Waals surface area (Å²) in [6.07, 6.45) is 5.76. The Kier molecular flexibility index (Phi) is 4.66. The summed E-state index contributed by atoms with van der Waals surface area (Å²) < 4.78 is 0.847. The fraction of sp³-hybridized carbons (Fsp3) is 0.538. The topological polar surface area (TPSA) is 39.9 Å². The van der Waals surface area contributed by atoms with E-state index in [0.717, 1.165) is 42.6 Å². The third-order valence-electron chi connectivity index (χ3n) is 3.43. The second-order valence-electron chi connectivity index (χ2n) is 4.55. The van der Waals surface area contributed by atoms with Gasteiger partial charge in [-0.1, -0.05) is 0 Å². The fourth-order valence-corrected chi connectivity index (χ4v) is 3.08. The summed E-state index contributed by atoms with van der Waals surface area (Å²) in [5, 5.41) is 9.24. The van der Waals surface area contributed by atoms with E-state index in [0.29, 0.717) is 0 Å². The summed E-state index contributed by atoms with van der Waals surface area (Å²) >= 11 is 5.08. The van der Waals surface area contributed by atoms with E-state index in [4.69, 9.17) is 0 Å². The molecule has 0 atom stereocenters. The molecule has 0 radical (unpaired) electrons. The predicted octanol–water partition coefficient (Wildman–Crippen LogP) is 3.07. The number of pyridine rings is 1. The third-order valence-corrected chi connectivity index (χ3v) is 5.18. The molecule has 0 bridgehead atoms. The van der Waals surface area contributed by atoms with Crippen LogP contribution in [0.2, 0.25) is 0 Å². The van der Waals surface area contributed by atoms with Crippen molar-refractivity contribution < 1.29 is 0 Å². The summed E-state index contributed by atoms with van der Waals surface area (Å²) in [5.74, 6) is 0. The van der Waals surface area contributed by atoms with E-state index >= 15 is 0 Å². The molecule has 1 aromatic rings. The zero-order chi connectivity index (χ0) is 13.0. The van der Waals surface area contributed by atoms with Crippen molar-refractivity contribution in [2.24, 2.45) is 0 Å². The number of aromatic nitrogens is 1. The largest absolute Gasteiger partial charge is 0.297 e. The SMILES string of the molecule is CSC1(C#N)CCN(Cc2ccc(Br)cn2)CC1. The van der Waals surface area contributed by atoms with Gasteiger partial charge >= 0.3 is 0 Å². The van der Waals surface area contributed by atoms with Crippen molar-refractivity contribution in [3.8, 4) is 6.07 Å². The van der Waals surface area contributed by atoms with Crippen LogP contribution in [0.15, 0.2) is 22.8 Å². The van der Waals surface area contributed by atoms with Gasteiger partial charge in [-0.25, -0.2) is 0 Å². The summed E-state index contributed by atoms with van der Waals surface area (Å²) in [6.45, 7) is 2.83. The zero-order valence-electron chi connectivity index (χ0n) is 10.4. The molecule has 1 fully saturated rings. The molecule has 1 aliphatic heterocycles. The first-order valence-corrected chi connectivity index (χ1v) is 7.98. The minimum Gasteiger partial charge on any atom is -0.297 e. The van der Waals surface area contributed by atoms with Crippen molar-refractivity contribution in [2.45, 2.75) is 24.1 Å². The third kappa shape index (κ3) is 3.25. The highest BCUT2D eigenvalue weighted by molar-refractivity contribution is 9.10. The summed E-state index contributed by atoms with van der Waals surface area (Å²) in [5.41, 5.74) is 1.09. The molecule has 0 spiro atoms. The molecule has 0 saturated carbocycles. The number of thioether (sulfide) groups is 1. The number of likely N-dealkylation sites (tertiary alicyclic amines) is 1. The minimum atomic E-state index is -0.163. The van der Waals surface area contributed by atoms with E-state index in [1.807, 2.05) is 24.6 Å². The second-order valence-corrected chi connectivity index (χ2v) is 6.66. The number of nitriles is 1. The van der Waals surface area contributed by atoms with Crippen LogP contribution >= 0.6 is 27.7 Å². The number of hydrogen-bond acceptors (Lipinski definition) is 4. The van der Waals surface area contributed by atoms with Gasteiger partial charge in [0.15, 0.2) is 0 Å². The smallest absolute Gasteiger partial charge is 0.104 e. The summed E-state index contributed by atoms with van der Waals surface area (Å²) in [7, 11) is 0. The van der Waals surface area contributed by atoms with E-state index in [2.05, 4.69) is 31.9 Å². The molecular formula is C13H16BrN3S. The van der Waals surface area contributed by atoms with Gasteiger partial charge in [0.2, 0.25) is 0 Å². The Morgan fingerprint density at radius 1 is 1.50 bits per heavy atom. The quantitative estimate of drug-likeness (QED) is 0.856. The van der Waals surface area contributed by atoms with Crippen LogP contribution in [0.5, 0.6) is 0 Å². The van der Waals surface area contributed by atoms with Crippen molar-refractivity contribution in [3.63, 3.8) is 0 Å². The Bertz CT molecular complexity index is 433. The van der Waals surface area contributed by atoms with Gasteiger partial charge in [-0.2, -0.15) is 5.26 Å². The van der Waals surface area contributed by atoms with E-state index in [1.165, 1.54) is 0 Å². The molecule has 0 amide bonds. The van der Waals surface area contributed by atoms with Crippen LogP contribution < -0.4 is 0 Å². The van der Waals surface area contributed by atoms with Gasteiger partial charge in [0, 0.05) is 30.3 Å². The maximum absolute atomic E-state index is 9.24. The van der Waals surface area contributed by atoms with Crippen molar-refractivity contribution in [1.29, 1.82) is 5.26 Å². The Morgan fingerprint density at radius 3 is 2.72 bits per heavy atom. The van der Waals surface area contributed by atoms with Crippen LogP contribution in [0.1, 0.15) is 18.5 Å². The van der Waals surface area contributed by atoms with Crippen molar-refractivity contribution in [3.05, 3.63) is 28.5 Å². The maximum Gasteiger partial charge on any atom is 0.104 e. The first-order chi connectivity index (χ1) is 8.67. The van der Waals surface area contributed by atoms with Crippen LogP contribution in [0.3, 0.4) is 0 Å². The van der Waals surface area contributed by atoms with Crippen LogP contribution in [0.25, 0.3) is 0 Å². The summed E-state index contributed by atoms with van der Waals surface area (Å²) in [4.78, 5) is 6.77. The molecule has 2 heterocycles. The van der Waals surface area contributed by atoms with Crippen LogP contribution in [-0.2, 0) is 6.54 Å². The van der Waals surface area contributed by atoms with Gasteiger partial charge in [0.25, 0.3) is 0 Å². The summed E-state index contributed by atoms with van der Waals surface area (Å²) in [6, 6.07) is 6.54. The van der Waals surface area contributed by atoms with Crippen LogP contribution in [0, 0.1) is 11.3 Å². The average Bonchev–Trinajstić information content (AvgIpc) is 2.43. The van der Waals surface area contributed by atoms with Crippen molar-refractivity contribution >= 4 is 27.7 Å². The molecule has 1 saturated heterocycles. The number of nitrogens with zero attached hydrogens (tertiary/aromatic N) is 3. The second kappa shape index (κ2) is 6.05. The molecule has 0 unspecified atom stereocenters. The Balaban J connectivity index is 1.91. The molecule has 5 heteroatoms. The fourth-order valence-electron chi connectivity index (χ4n) is 2.16. The molecule has 1 aliphatic rings. The van der Waals surface area contributed by atoms with Gasteiger partial charge < -0.3 is 0 Å². The van der Waals surface area contributed by atoms with E-state index < -0.39 is 0 Å². The maximum atomic E-state index is 9.24. The molecule has 2 rings (SSSR count). The first kappa shape index (κ1) is 13.9. The van der Waals surface area contributed by atoms with Gasteiger partial charge in [-0.05, 0) is 47.2 Å². The normalized spacial score (nSPS) is 19.4. The lowest BCUT2D eigenvalue weighted by atomic mass is 9.97. The number of rotatable bonds is 3. The minimum absolute atomic E-state index is 0.163. The zero-order valence-corrected chi connectivity index (χ0v) is 12.8. The predicted molar refractivity (Wildman–Crippen MR) is 78.3 cm³/mol. The highest BCUT2D eigenvalue weighted by Gasteiger charge is 2.33. The molecule has 96 valence electrons. The van der Waals surface area contributed by atoms with Gasteiger partial charge in [-0.3, -0.25) is 9.88 Å². The highest BCUT2D eigenvalue weighted by Crippen LogP contribution is 2.34. The molecular weight excluding hydrogens is 310 g/mol. The molecule has 18 heavy (non-hydrogen) atoms. The first-order valence-electron chi connectivity index (χ1n) is 5.97. The molecule has 0 aromatic carbocycles. The standard InChI is InChI=1S/C13H16BrN3S/c1-18-13(10-15)4-6-17(7-5-13)9-12-3-2-11(14)8-16-12/h2-3,8H,4-7,9H2,1H3. The highest BCUT2D eigenvalue weighted by atomic mass is 79.9. The lowest BCUT2D eigenvalue weighted by molar-refractivity contribution is 0.207. The van der Waals surface area contributed by atoms with E-state index in [9.17, 15) is 5.26 Å². The average molecular weight is 326 g/mol. The number of piperidine rings is 1. The van der Waals surface area contributed by atoms with Gasteiger partial charge in [0.1, 0.15) is 4.75 Å². The van der Waals surface area contributed by atoms with Gasteiger partial charge in [-0.15, -0.1) is 11.8 Å². The molecule has 3 nitrogen and oxygen atoms in total. The van der Waals surface area contributed by atoms with E-state index in [1.54, 1.807) is 11.8 Å². The van der Waals surface area contributed by atoms with Crippen molar-refractivity contribution in [1.82, 2.24) is 9.88 Å². The van der Waals surface area contributed by atoms with Crippen LogP contribution in [-0.4, -0.2) is 34.0 Å². The Labute approximate surface area is 121 Å². The van der Waals surface area contributed by atoms with Crippen molar-refractivity contribution in [2.75, 3.05) is 19.3 Å². The lowest BCUT2D eigenvalue weighted by Crippen LogP contribution is -2.41. The van der Waals surface area contributed by atoms with E-state index in [-0.39, 0.29) is 4.75 Å². The monoisotopic (exact) mass is 325 g/mol. The van der Waals surface area contributed by atoms with Crippen LogP contribution in [0.4, 0.5) is 0 Å². The lowest BCUT2D eigenvalue weighted by Gasteiger charge is -2.35. The molecule has 0 aliphatic carbocycles. The van der Waals surface area contributed by atoms with Gasteiger partial charge in [0.05, 0.1) is 11.8 Å². The number of halogens is 1.